The van der Waals surface area contributed by atoms with Crippen LogP contribution < -0.4 is 11.3 Å². The van der Waals surface area contributed by atoms with Crippen molar-refractivity contribution in [2.24, 2.45) is 5.84 Å². The van der Waals surface area contributed by atoms with Gasteiger partial charge in [0.05, 0.1) is 16.7 Å². The predicted molar refractivity (Wildman–Crippen MR) is 76.5 cm³/mol. The average molecular weight is 261 g/mol. The van der Waals surface area contributed by atoms with Gasteiger partial charge in [-0.2, -0.15) is 0 Å². The maximum Gasteiger partial charge on any atom is 0.0898 e. The van der Waals surface area contributed by atoms with E-state index in [1.165, 1.54) is 16.7 Å². The standard InChI is InChI=1S/C14H19N3S/c1-9-4-5-12(6-10(9)2)7-13(17-15)14-8-18-11(3)16-14/h4-6,8,13,17H,7,15H2,1-3H3. The van der Waals surface area contributed by atoms with Crippen molar-refractivity contribution in [3.63, 3.8) is 0 Å². The molecule has 1 aromatic carbocycles. The number of rotatable bonds is 4. The van der Waals surface area contributed by atoms with Gasteiger partial charge in [-0.3, -0.25) is 11.3 Å². The summed E-state index contributed by atoms with van der Waals surface area (Å²) < 4.78 is 0. The molecule has 0 aliphatic rings. The van der Waals surface area contributed by atoms with Gasteiger partial charge in [-0.15, -0.1) is 11.3 Å². The number of nitrogens with two attached hydrogens (primary N) is 1. The zero-order valence-corrected chi connectivity index (χ0v) is 11.8. The summed E-state index contributed by atoms with van der Waals surface area (Å²) in [7, 11) is 0. The molecule has 0 aliphatic heterocycles. The number of hydrogen-bond donors (Lipinski definition) is 2. The number of thiazole rings is 1. The highest BCUT2D eigenvalue weighted by atomic mass is 32.1. The Labute approximate surface area is 112 Å². The van der Waals surface area contributed by atoms with Crippen LogP contribution in [-0.2, 0) is 6.42 Å². The minimum Gasteiger partial charge on any atom is -0.271 e. The SMILES string of the molecule is Cc1nc(C(Cc2ccc(C)c(C)c2)NN)cs1. The summed E-state index contributed by atoms with van der Waals surface area (Å²) in [4.78, 5) is 4.49. The summed E-state index contributed by atoms with van der Waals surface area (Å²) in [6.45, 7) is 6.27. The lowest BCUT2D eigenvalue weighted by molar-refractivity contribution is 0.540. The highest BCUT2D eigenvalue weighted by Crippen LogP contribution is 2.21. The van der Waals surface area contributed by atoms with Crippen molar-refractivity contribution in [2.75, 3.05) is 0 Å². The van der Waals surface area contributed by atoms with E-state index in [9.17, 15) is 0 Å². The molecule has 1 heterocycles. The van der Waals surface area contributed by atoms with Gasteiger partial charge < -0.3 is 0 Å². The molecular formula is C14H19N3S. The van der Waals surface area contributed by atoms with Crippen LogP contribution in [0.2, 0.25) is 0 Å². The highest BCUT2D eigenvalue weighted by Gasteiger charge is 2.13. The van der Waals surface area contributed by atoms with Crippen molar-refractivity contribution >= 4 is 11.3 Å². The van der Waals surface area contributed by atoms with Gasteiger partial charge in [0.1, 0.15) is 0 Å². The largest absolute Gasteiger partial charge is 0.271 e. The molecule has 0 aliphatic carbocycles. The summed E-state index contributed by atoms with van der Waals surface area (Å²) >= 11 is 1.66. The second kappa shape index (κ2) is 5.61. The van der Waals surface area contributed by atoms with Crippen molar-refractivity contribution in [2.45, 2.75) is 33.2 Å². The molecule has 2 aromatic rings. The van der Waals surface area contributed by atoms with Crippen LogP contribution in [0.25, 0.3) is 0 Å². The molecule has 18 heavy (non-hydrogen) atoms. The number of benzene rings is 1. The van der Waals surface area contributed by atoms with E-state index in [2.05, 4.69) is 47.8 Å². The first-order chi connectivity index (χ1) is 8.60. The molecule has 0 fully saturated rings. The van der Waals surface area contributed by atoms with Crippen molar-refractivity contribution < 1.29 is 0 Å². The number of nitrogens with zero attached hydrogens (tertiary/aromatic N) is 1. The number of hydrazine groups is 1. The summed E-state index contributed by atoms with van der Waals surface area (Å²) in [5, 5.41) is 3.14. The van der Waals surface area contributed by atoms with Gasteiger partial charge >= 0.3 is 0 Å². The monoisotopic (exact) mass is 261 g/mol. The summed E-state index contributed by atoms with van der Waals surface area (Å²) in [6, 6.07) is 6.62. The Hall–Kier alpha value is -1.23. The number of hydrogen-bond acceptors (Lipinski definition) is 4. The van der Waals surface area contributed by atoms with Crippen molar-refractivity contribution in [3.05, 3.63) is 51.0 Å². The molecule has 4 heteroatoms. The van der Waals surface area contributed by atoms with E-state index in [4.69, 9.17) is 5.84 Å². The molecule has 96 valence electrons. The van der Waals surface area contributed by atoms with Crippen LogP contribution >= 0.6 is 11.3 Å². The maximum absolute atomic E-state index is 5.64. The second-order valence-electron chi connectivity index (χ2n) is 4.63. The third kappa shape index (κ3) is 2.96. The molecule has 2 rings (SSSR count). The molecule has 0 spiro atoms. The average Bonchev–Trinajstić information content (AvgIpc) is 2.77. The number of aryl methyl sites for hydroxylation is 3. The van der Waals surface area contributed by atoms with Gasteiger partial charge in [-0.25, -0.2) is 4.98 Å². The second-order valence-corrected chi connectivity index (χ2v) is 5.70. The van der Waals surface area contributed by atoms with E-state index >= 15 is 0 Å². The van der Waals surface area contributed by atoms with Gasteiger partial charge in [0.25, 0.3) is 0 Å². The molecule has 0 saturated heterocycles. The summed E-state index contributed by atoms with van der Waals surface area (Å²) in [5.41, 5.74) is 7.81. The summed E-state index contributed by atoms with van der Waals surface area (Å²) in [5.74, 6) is 5.64. The fourth-order valence-corrected chi connectivity index (χ4v) is 2.62. The van der Waals surface area contributed by atoms with Crippen LogP contribution in [0, 0.1) is 20.8 Å². The molecule has 0 saturated carbocycles. The zero-order chi connectivity index (χ0) is 13.1. The lowest BCUT2D eigenvalue weighted by Crippen LogP contribution is -2.29. The molecule has 0 bridgehead atoms. The van der Waals surface area contributed by atoms with Crippen LogP contribution in [0.15, 0.2) is 23.6 Å². The molecule has 0 amide bonds. The fraction of sp³-hybridized carbons (Fsp3) is 0.357. The van der Waals surface area contributed by atoms with Crippen molar-refractivity contribution in [1.29, 1.82) is 0 Å². The zero-order valence-electron chi connectivity index (χ0n) is 11.0. The first-order valence-electron chi connectivity index (χ1n) is 6.04. The number of nitrogens with one attached hydrogen (secondary N) is 1. The minimum atomic E-state index is 0.0806. The Morgan fingerprint density at radius 3 is 2.61 bits per heavy atom. The van der Waals surface area contributed by atoms with E-state index in [0.29, 0.717) is 0 Å². The third-order valence-corrected chi connectivity index (χ3v) is 4.00. The highest BCUT2D eigenvalue weighted by molar-refractivity contribution is 7.09. The quantitative estimate of drug-likeness (QED) is 0.657. The Morgan fingerprint density at radius 2 is 2.06 bits per heavy atom. The van der Waals surface area contributed by atoms with E-state index in [1.807, 2.05) is 6.92 Å². The van der Waals surface area contributed by atoms with Crippen molar-refractivity contribution in [3.8, 4) is 0 Å². The van der Waals surface area contributed by atoms with Crippen LogP contribution in [0.4, 0.5) is 0 Å². The minimum absolute atomic E-state index is 0.0806. The molecule has 1 aromatic heterocycles. The summed E-state index contributed by atoms with van der Waals surface area (Å²) in [6.07, 6.45) is 0.862. The van der Waals surface area contributed by atoms with E-state index < -0.39 is 0 Å². The van der Waals surface area contributed by atoms with Crippen LogP contribution in [0.3, 0.4) is 0 Å². The van der Waals surface area contributed by atoms with Gasteiger partial charge in [0.2, 0.25) is 0 Å². The van der Waals surface area contributed by atoms with Crippen LogP contribution in [0.1, 0.15) is 33.4 Å². The predicted octanol–water partition coefficient (Wildman–Crippen LogP) is 2.82. The topological polar surface area (TPSA) is 50.9 Å². The lowest BCUT2D eigenvalue weighted by atomic mass is 10.00. The van der Waals surface area contributed by atoms with Crippen molar-refractivity contribution in [1.82, 2.24) is 10.4 Å². The Kier molecular flexibility index (Phi) is 4.11. The molecule has 3 nitrogen and oxygen atoms in total. The van der Waals surface area contributed by atoms with Crippen LogP contribution in [0.5, 0.6) is 0 Å². The fourth-order valence-electron chi connectivity index (χ4n) is 1.96. The molecule has 0 radical (unpaired) electrons. The smallest absolute Gasteiger partial charge is 0.0898 e. The Bertz CT molecular complexity index is 534. The Balaban J connectivity index is 2.17. The maximum atomic E-state index is 5.64. The Morgan fingerprint density at radius 1 is 1.28 bits per heavy atom. The van der Waals surface area contributed by atoms with E-state index in [-0.39, 0.29) is 6.04 Å². The molecule has 1 atom stereocenters. The van der Waals surface area contributed by atoms with Crippen LogP contribution in [-0.4, -0.2) is 4.98 Å². The third-order valence-electron chi connectivity index (χ3n) is 3.21. The first kappa shape index (κ1) is 13.2. The van der Waals surface area contributed by atoms with Gasteiger partial charge in [0, 0.05) is 5.38 Å². The number of aromatic nitrogens is 1. The van der Waals surface area contributed by atoms with Gasteiger partial charge in [-0.1, -0.05) is 18.2 Å². The van der Waals surface area contributed by atoms with E-state index in [0.717, 1.165) is 17.1 Å². The van der Waals surface area contributed by atoms with E-state index in [1.54, 1.807) is 11.3 Å². The van der Waals surface area contributed by atoms with Gasteiger partial charge in [-0.05, 0) is 43.9 Å². The molecule has 3 N–H and O–H groups in total. The molecule has 1 unspecified atom stereocenters. The molecular weight excluding hydrogens is 242 g/mol. The lowest BCUT2D eigenvalue weighted by Gasteiger charge is -2.14. The normalized spacial score (nSPS) is 12.7. The van der Waals surface area contributed by atoms with Gasteiger partial charge in [0.15, 0.2) is 0 Å². The first-order valence-corrected chi connectivity index (χ1v) is 6.92.